The van der Waals surface area contributed by atoms with E-state index < -0.39 is 0 Å². The molecule has 1 saturated heterocycles. The fraction of sp³-hybridized carbons (Fsp3) is 0.462. The average Bonchev–Trinajstić information content (AvgIpc) is 2.84. The summed E-state index contributed by atoms with van der Waals surface area (Å²) < 4.78 is 5.59. The summed E-state index contributed by atoms with van der Waals surface area (Å²) in [5, 5.41) is 3.08. The summed E-state index contributed by atoms with van der Waals surface area (Å²) in [5.41, 5.74) is 2.28. The van der Waals surface area contributed by atoms with Gasteiger partial charge in [0.1, 0.15) is 0 Å². The standard InChI is InChI=1S/C26H34IN3O3/c1-4-8-19(2)29-15-13-22(14-16-29)30(18-20-9-6-5-7-10-20)26(32)28-24-12-11-21(17-23(24)27)25(31)33-3/h5-7,9-12,17,19,22H,4,8,13-16,18H2,1-3H3,(H,28,32). The average molecular weight is 563 g/mol. The number of halogens is 1. The quantitative estimate of drug-likeness (QED) is 0.328. The smallest absolute Gasteiger partial charge is 0.337 e. The van der Waals surface area contributed by atoms with Crippen molar-refractivity contribution in [1.82, 2.24) is 9.80 Å². The third-order valence-electron chi connectivity index (χ3n) is 6.36. The molecule has 1 atom stereocenters. The van der Waals surface area contributed by atoms with Gasteiger partial charge in [0, 0.05) is 35.3 Å². The SMILES string of the molecule is CCCC(C)N1CCC(N(Cc2ccccc2)C(=O)Nc2ccc(C(=O)OC)cc2I)CC1. The van der Waals surface area contributed by atoms with Crippen LogP contribution in [0.3, 0.4) is 0 Å². The van der Waals surface area contributed by atoms with Gasteiger partial charge in [0.15, 0.2) is 0 Å². The van der Waals surface area contributed by atoms with E-state index >= 15 is 0 Å². The zero-order valence-electron chi connectivity index (χ0n) is 19.7. The Hall–Kier alpha value is -2.13. The Morgan fingerprint density at radius 2 is 1.88 bits per heavy atom. The molecule has 7 heteroatoms. The van der Waals surface area contributed by atoms with Crippen molar-refractivity contribution in [2.24, 2.45) is 0 Å². The number of nitrogens with one attached hydrogen (secondary N) is 1. The number of ether oxygens (including phenoxy) is 1. The van der Waals surface area contributed by atoms with E-state index in [1.165, 1.54) is 20.0 Å². The van der Waals surface area contributed by atoms with Crippen LogP contribution in [0.15, 0.2) is 48.5 Å². The minimum Gasteiger partial charge on any atom is -0.465 e. The predicted molar refractivity (Wildman–Crippen MR) is 140 cm³/mol. The third kappa shape index (κ3) is 6.93. The maximum Gasteiger partial charge on any atom is 0.337 e. The Labute approximate surface area is 210 Å². The van der Waals surface area contributed by atoms with E-state index in [1.54, 1.807) is 18.2 Å². The summed E-state index contributed by atoms with van der Waals surface area (Å²) in [6, 6.07) is 16.0. The Morgan fingerprint density at radius 1 is 1.18 bits per heavy atom. The van der Waals surface area contributed by atoms with Gasteiger partial charge >= 0.3 is 12.0 Å². The minimum absolute atomic E-state index is 0.109. The number of rotatable bonds is 8. The zero-order chi connectivity index (χ0) is 23.8. The van der Waals surface area contributed by atoms with Gasteiger partial charge in [-0.2, -0.15) is 0 Å². The van der Waals surface area contributed by atoms with Gasteiger partial charge < -0.3 is 19.9 Å². The second-order valence-corrected chi connectivity index (χ2v) is 9.80. The molecule has 1 heterocycles. The Balaban J connectivity index is 1.74. The van der Waals surface area contributed by atoms with Crippen LogP contribution in [0, 0.1) is 3.57 Å². The van der Waals surface area contributed by atoms with Crippen LogP contribution in [0.5, 0.6) is 0 Å². The molecular weight excluding hydrogens is 529 g/mol. The molecule has 2 aromatic rings. The van der Waals surface area contributed by atoms with Crippen molar-refractivity contribution in [3.05, 3.63) is 63.2 Å². The van der Waals surface area contributed by atoms with E-state index in [2.05, 4.69) is 58.8 Å². The topological polar surface area (TPSA) is 61.9 Å². The van der Waals surface area contributed by atoms with Crippen LogP contribution in [0.1, 0.15) is 55.5 Å². The number of likely N-dealkylation sites (tertiary alicyclic amines) is 1. The molecule has 0 aromatic heterocycles. The van der Waals surface area contributed by atoms with E-state index in [-0.39, 0.29) is 18.0 Å². The first-order valence-corrected chi connectivity index (χ1v) is 12.7. The van der Waals surface area contributed by atoms with Crippen LogP contribution in [0.2, 0.25) is 0 Å². The minimum atomic E-state index is -0.388. The van der Waals surface area contributed by atoms with Crippen molar-refractivity contribution < 1.29 is 14.3 Å². The third-order valence-corrected chi connectivity index (χ3v) is 7.25. The molecule has 2 amide bonds. The van der Waals surface area contributed by atoms with Crippen molar-refractivity contribution in [3.63, 3.8) is 0 Å². The molecule has 33 heavy (non-hydrogen) atoms. The molecule has 1 fully saturated rings. The molecule has 1 N–H and O–H groups in total. The van der Waals surface area contributed by atoms with Crippen molar-refractivity contribution in [2.45, 2.75) is 58.2 Å². The number of hydrogen-bond acceptors (Lipinski definition) is 4. The molecule has 0 aliphatic carbocycles. The van der Waals surface area contributed by atoms with E-state index in [9.17, 15) is 9.59 Å². The molecule has 178 valence electrons. The van der Waals surface area contributed by atoms with E-state index in [1.807, 2.05) is 23.1 Å². The van der Waals surface area contributed by atoms with E-state index in [0.29, 0.717) is 23.8 Å². The molecule has 0 bridgehead atoms. The maximum atomic E-state index is 13.5. The number of nitrogens with zero attached hydrogens (tertiary/aromatic N) is 2. The van der Waals surface area contributed by atoms with Gasteiger partial charge in [0.2, 0.25) is 0 Å². The van der Waals surface area contributed by atoms with Crippen molar-refractivity contribution in [3.8, 4) is 0 Å². The fourth-order valence-corrected chi connectivity index (χ4v) is 5.08. The number of methoxy groups -OCH3 is 1. The van der Waals surface area contributed by atoms with E-state index in [0.717, 1.165) is 35.1 Å². The van der Waals surface area contributed by atoms with Gasteiger partial charge in [-0.15, -0.1) is 0 Å². The number of hydrogen-bond donors (Lipinski definition) is 1. The number of urea groups is 1. The first-order chi connectivity index (χ1) is 15.9. The zero-order valence-corrected chi connectivity index (χ0v) is 21.9. The highest BCUT2D eigenvalue weighted by molar-refractivity contribution is 14.1. The summed E-state index contributed by atoms with van der Waals surface area (Å²) in [6.07, 6.45) is 4.33. The number of amides is 2. The van der Waals surface area contributed by atoms with Gasteiger partial charge in [-0.1, -0.05) is 43.7 Å². The van der Waals surface area contributed by atoms with Crippen LogP contribution in [0.25, 0.3) is 0 Å². The van der Waals surface area contributed by atoms with Gasteiger partial charge in [0.25, 0.3) is 0 Å². The van der Waals surface area contributed by atoms with Crippen LogP contribution < -0.4 is 5.32 Å². The highest BCUT2D eigenvalue weighted by Gasteiger charge is 2.30. The summed E-state index contributed by atoms with van der Waals surface area (Å²) in [7, 11) is 1.36. The van der Waals surface area contributed by atoms with Gasteiger partial charge in [-0.3, -0.25) is 0 Å². The number of anilines is 1. The number of carbonyl (C=O) groups is 2. The normalized spacial score (nSPS) is 15.6. The lowest BCUT2D eigenvalue weighted by Gasteiger charge is -2.40. The summed E-state index contributed by atoms with van der Waals surface area (Å²) in [5.74, 6) is -0.388. The molecule has 1 aliphatic rings. The van der Waals surface area contributed by atoms with Crippen LogP contribution in [0.4, 0.5) is 10.5 Å². The molecule has 2 aromatic carbocycles. The largest absolute Gasteiger partial charge is 0.465 e. The summed E-state index contributed by atoms with van der Waals surface area (Å²) >= 11 is 2.14. The first-order valence-electron chi connectivity index (χ1n) is 11.7. The predicted octanol–water partition coefficient (Wildman–Crippen LogP) is 5.76. The van der Waals surface area contributed by atoms with Crippen molar-refractivity contribution in [2.75, 3.05) is 25.5 Å². The molecule has 0 spiro atoms. The second-order valence-electron chi connectivity index (χ2n) is 8.63. The lowest BCUT2D eigenvalue weighted by molar-refractivity contribution is 0.0600. The monoisotopic (exact) mass is 563 g/mol. The number of carbonyl (C=O) groups excluding carboxylic acids is 2. The van der Waals surface area contributed by atoms with Crippen molar-refractivity contribution >= 4 is 40.3 Å². The highest BCUT2D eigenvalue weighted by atomic mass is 127. The molecule has 1 aliphatic heterocycles. The molecule has 3 rings (SSSR count). The van der Waals surface area contributed by atoms with Crippen LogP contribution in [-0.4, -0.2) is 54.1 Å². The molecule has 0 radical (unpaired) electrons. The lowest BCUT2D eigenvalue weighted by atomic mass is 10.00. The summed E-state index contributed by atoms with van der Waals surface area (Å²) in [6.45, 7) is 7.12. The van der Waals surface area contributed by atoms with Crippen molar-refractivity contribution in [1.29, 1.82) is 0 Å². The molecule has 6 nitrogen and oxygen atoms in total. The Morgan fingerprint density at radius 3 is 2.48 bits per heavy atom. The van der Waals surface area contributed by atoms with Gasteiger partial charge in [-0.25, -0.2) is 9.59 Å². The van der Waals surface area contributed by atoms with E-state index in [4.69, 9.17) is 4.74 Å². The molecular formula is C26H34IN3O3. The number of benzene rings is 2. The number of piperidine rings is 1. The van der Waals surface area contributed by atoms with Gasteiger partial charge in [-0.05, 0) is 72.5 Å². The van der Waals surface area contributed by atoms with Gasteiger partial charge in [0.05, 0.1) is 18.4 Å². The lowest BCUT2D eigenvalue weighted by Crippen LogP contribution is -2.50. The van der Waals surface area contributed by atoms with Crippen LogP contribution >= 0.6 is 22.6 Å². The second kappa shape index (κ2) is 12.4. The maximum absolute atomic E-state index is 13.5. The Bertz CT molecular complexity index is 930. The Kier molecular flexibility index (Phi) is 9.55. The number of esters is 1. The molecule has 0 saturated carbocycles. The first kappa shape index (κ1) is 25.5. The fourth-order valence-electron chi connectivity index (χ4n) is 4.43. The molecule has 1 unspecified atom stereocenters. The van der Waals surface area contributed by atoms with Crippen LogP contribution in [-0.2, 0) is 11.3 Å². The summed E-state index contributed by atoms with van der Waals surface area (Å²) in [4.78, 5) is 29.8. The highest BCUT2D eigenvalue weighted by Crippen LogP contribution is 2.25.